The maximum absolute atomic E-state index is 12.1. The van der Waals surface area contributed by atoms with Crippen LogP contribution in [0.5, 0.6) is 0 Å². The number of hydrogen-bond acceptors (Lipinski definition) is 4. The summed E-state index contributed by atoms with van der Waals surface area (Å²) in [6, 6.07) is 6.03. The highest BCUT2D eigenvalue weighted by atomic mass is 16.2. The molecule has 0 spiro atoms. The maximum atomic E-state index is 12.1. The number of amides is 1. The van der Waals surface area contributed by atoms with Crippen molar-refractivity contribution < 1.29 is 4.79 Å². The van der Waals surface area contributed by atoms with E-state index in [-0.39, 0.29) is 18.2 Å². The molecule has 1 amide bonds. The molecule has 120 valence electrons. The minimum absolute atomic E-state index is 0.0458. The van der Waals surface area contributed by atoms with Gasteiger partial charge in [-0.05, 0) is 30.5 Å². The van der Waals surface area contributed by atoms with Gasteiger partial charge >= 0.3 is 0 Å². The molecule has 1 aliphatic rings. The molecule has 24 heavy (non-hydrogen) atoms. The number of aromatic nitrogens is 3. The van der Waals surface area contributed by atoms with Gasteiger partial charge in [0.15, 0.2) is 0 Å². The Morgan fingerprint density at radius 2 is 2.33 bits per heavy atom. The van der Waals surface area contributed by atoms with Crippen molar-refractivity contribution in [3.05, 3.63) is 36.3 Å². The predicted molar refractivity (Wildman–Crippen MR) is 90.2 cm³/mol. The van der Waals surface area contributed by atoms with E-state index >= 15 is 0 Å². The quantitative estimate of drug-likeness (QED) is 0.787. The topological polar surface area (TPSA) is 85.7 Å². The Morgan fingerprint density at radius 3 is 3.21 bits per heavy atom. The first-order valence-electron chi connectivity index (χ1n) is 8.13. The number of nitriles is 1. The Hall–Kier alpha value is -2.94. The summed E-state index contributed by atoms with van der Waals surface area (Å²) in [5.74, 6) is 0.182. The summed E-state index contributed by atoms with van der Waals surface area (Å²) < 4.78 is 0. The van der Waals surface area contributed by atoms with Gasteiger partial charge in [0.25, 0.3) is 0 Å². The zero-order valence-corrected chi connectivity index (χ0v) is 13.2. The molecule has 1 aliphatic heterocycles. The molecule has 1 saturated heterocycles. The second-order valence-electron chi connectivity index (χ2n) is 6.17. The summed E-state index contributed by atoms with van der Waals surface area (Å²) in [5.41, 5.74) is 2.94. The lowest BCUT2D eigenvalue weighted by molar-refractivity contribution is -0.131. The maximum Gasteiger partial charge on any atom is 0.236 e. The number of aromatic amines is 1. The highest BCUT2D eigenvalue weighted by Crippen LogP contribution is 2.34. The molecule has 1 atom stereocenters. The average molecular weight is 319 g/mol. The first kappa shape index (κ1) is 14.6. The monoisotopic (exact) mass is 319 g/mol. The molecule has 0 aliphatic carbocycles. The van der Waals surface area contributed by atoms with Crippen LogP contribution in [-0.4, -0.2) is 38.8 Å². The highest BCUT2D eigenvalue weighted by molar-refractivity contribution is 6.05. The minimum atomic E-state index is -0.0750. The molecular weight excluding hydrogens is 302 g/mol. The number of hydrogen-bond donors (Lipinski definition) is 1. The van der Waals surface area contributed by atoms with Crippen LogP contribution in [-0.2, 0) is 4.79 Å². The van der Waals surface area contributed by atoms with Crippen LogP contribution in [0.2, 0.25) is 0 Å². The molecule has 3 aromatic rings. The summed E-state index contributed by atoms with van der Waals surface area (Å²) >= 11 is 0. The van der Waals surface area contributed by atoms with Gasteiger partial charge in [0.2, 0.25) is 5.91 Å². The van der Waals surface area contributed by atoms with Crippen molar-refractivity contribution in [1.82, 2.24) is 19.9 Å². The van der Waals surface area contributed by atoms with E-state index < -0.39 is 0 Å². The number of piperidine rings is 1. The van der Waals surface area contributed by atoms with Crippen LogP contribution in [0.1, 0.15) is 30.7 Å². The SMILES string of the molecule is N#CCC(=O)N1CCCC(c2ccnc3cnc4[nH]ccc4c23)C1. The van der Waals surface area contributed by atoms with Crippen LogP contribution >= 0.6 is 0 Å². The van der Waals surface area contributed by atoms with Gasteiger partial charge in [0.05, 0.1) is 17.8 Å². The number of likely N-dealkylation sites (tertiary alicyclic amines) is 1. The van der Waals surface area contributed by atoms with E-state index in [1.54, 1.807) is 6.20 Å². The van der Waals surface area contributed by atoms with Crippen molar-refractivity contribution in [2.75, 3.05) is 13.1 Å². The average Bonchev–Trinajstić information content (AvgIpc) is 3.10. The Balaban J connectivity index is 1.77. The highest BCUT2D eigenvalue weighted by Gasteiger charge is 2.26. The first-order valence-corrected chi connectivity index (χ1v) is 8.13. The molecular formula is C18H17N5O. The lowest BCUT2D eigenvalue weighted by atomic mass is 9.88. The van der Waals surface area contributed by atoms with Gasteiger partial charge in [-0.3, -0.25) is 9.78 Å². The Bertz CT molecular complexity index is 955. The molecule has 4 heterocycles. The van der Waals surface area contributed by atoms with Crippen molar-refractivity contribution in [1.29, 1.82) is 5.26 Å². The summed E-state index contributed by atoms with van der Waals surface area (Å²) in [4.78, 5) is 25.9. The number of nitrogens with one attached hydrogen (secondary N) is 1. The van der Waals surface area contributed by atoms with Gasteiger partial charge in [-0.2, -0.15) is 5.26 Å². The van der Waals surface area contributed by atoms with E-state index in [4.69, 9.17) is 5.26 Å². The standard InChI is InChI=1S/C18H17N5O/c19-6-3-16(24)23-9-1-2-12(11-23)13-4-7-20-15-10-22-18-14(17(13)15)5-8-21-18/h4-5,7-8,10,12H,1-3,9,11H2,(H,21,22). The Morgan fingerprint density at radius 1 is 1.42 bits per heavy atom. The molecule has 1 unspecified atom stereocenters. The summed E-state index contributed by atoms with van der Waals surface area (Å²) in [7, 11) is 0. The second kappa shape index (κ2) is 5.93. The fourth-order valence-electron chi connectivity index (χ4n) is 3.66. The van der Waals surface area contributed by atoms with Crippen molar-refractivity contribution in [3.63, 3.8) is 0 Å². The molecule has 0 bridgehead atoms. The fraction of sp³-hybridized carbons (Fsp3) is 0.333. The molecule has 3 aromatic heterocycles. The minimum Gasteiger partial charge on any atom is -0.346 e. The number of fused-ring (bicyclic) bond motifs is 3. The van der Waals surface area contributed by atoms with E-state index in [1.165, 1.54) is 5.56 Å². The van der Waals surface area contributed by atoms with E-state index in [9.17, 15) is 4.79 Å². The van der Waals surface area contributed by atoms with Gasteiger partial charge < -0.3 is 9.88 Å². The van der Waals surface area contributed by atoms with Crippen LogP contribution in [0.25, 0.3) is 21.9 Å². The molecule has 0 saturated carbocycles. The number of rotatable bonds is 2. The predicted octanol–water partition coefficient (Wildman–Crippen LogP) is 2.73. The van der Waals surface area contributed by atoms with E-state index in [0.29, 0.717) is 6.54 Å². The molecule has 0 aromatic carbocycles. The molecule has 6 heteroatoms. The van der Waals surface area contributed by atoms with E-state index in [1.807, 2.05) is 29.4 Å². The smallest absolute Gasteiger partial charge is 0.236 e. The van der Waals surface area contributed by atoms with Gasteiger partial charge in [-0.25, -0.2) is 4.98 Å². The molecule has 0 radical (unpaired) electrons. The fourth-order valence-corrected chi connectivity index (χ4v) is 3.66. The number of H-pyrrole nitrogens is 1. The first-order chi connectivity index (χ1) is 11.8. The van der Waals surface area contributed by atoms with Crippen LogP contribution in [0.15, 0.2) is 30.7 Å². The zero-order valence-electron chi connectivity index (χ0n) is 13.2. The van der Waals surface area contributed by atoms with Crippen LogP contribution in [0.4, 0.5) is 0 Å². The molecule has 6 nitrogen and oxygen atoms in total. The third-order valence-electron chi connectivity index (χ3n) is 4.77. The summed E-state index contributed by atoms with van der Waals surface area (Å²) in [5, 5.41) is 11.0. The van der Waals surface area contributed by atoms with Crippen molar-refractivity contribution in [3.8, 4) is 6.07 Å². The van der Waals surface area contributed by atoms with Gasteiger partial charge in [0, 0.05) is 42.2 Å². The third-order valence-corrected chi connectivity index (χ3v) is 4.77. The van der Waals surface area contributed by atoms with E-state index in [0.717, 1.165) is 41.3 Å². The van der Waals surface area contributed by atoms with Crippen LogP contribution in [0, 0.1) is 11.3 Å². The Labute approximate surface area is 139 Å². The molecule has 4 rings (SSSR count). The van der Waals surface area contributed by atoms with Gasteiger partial charge in [-0.15, -0.1) is 0 Å². The number of carbonyl (C=O) groups is 1. The number of nitrogens with zero attached hydrogens (tertiary/aromatic N) is 4. The third kappa shape index (κ3) is 2.38. The van der Waals surface area contributed by atoms with Crippen molar-refractivity contribution >= 4 is 27.8 Å². The van der Waals surface area contributed by atoms with Crippen molar-refractivity contribution in [2.24, 2.45) is 0 Å². The lowest BCUT2D eigenvalue weighted by Gasteiger charge is -2.33. The zero-order chi connectivity index (χ0) is 16.5. The van der Waals surface area contributed by atoms with Crippen LogP contribution in [0.3, 0.4) is 0 Å². The van der Waals surface area contributed by atoms with Crippen molar-refractivity contribution in [2.45, 2.75) is 25.2 Å². The molecule has 1 fully saturated rings. The van der Waals surface area contributed by atoms with Gasteiger partial charge in [0.1, 0.15) is 12.1 Å². The summed E-state index contributed by atoms with van der Waals surface area (Å²) in [6.07, 6.45) is 7.43. The summed E-state index contributed by atoms with van der Waals surface area (Å²) in [6.45, 7) is 1.40. The second-order valence-corrected chi connectivity index (χ2v) is 6.17. The normalized spacial score (nSPS) is 18.0. The number of pyridine rings is 2. The number of carbonyl (C=O) groups excluding carboxylic acids is 1. The lowest BCUT2D eigenvalue weighted by Crippen LogP contribution is -2.38. The molecule has 1 N–H and O–H groups in total. The van der Waals surface area contributed by atoms with E-state index in [2.05, 4.69) is 21.0 Å². The van der Waals surface area contributed by atoms with Gasteiger partial charge in [-0.1, -0.05) is 0 Å². The largest absolute Gasteiger partial charge is 0.346 e. The Kier molecular flexibility index (Phi) is 3.62. The van der Waals surface area contributed by atoms with Crippen LogP contribution < -0.4 is 0 Å².